The minimum atomic E-state index is -0.0731. The molecule has 0 bridgehead atoms. The molecule has 2 N–H and O–H groups in total. The van der Waals surface area contributed by atoms with Crippen molar-refractivity contribution in [2.24, 2.45) is 0 Å². The molecular formula is C6H4N2OS. The number of aromatic hydroxyl groups is 1. The number of pyridine rings is 1. The zero-order chi connectivity index (χ0) is 7.56. The number of hydrogen-bond acceptors (Lipinski definition) is 3. The van der Waals surface area contributed by atoms with E-state index in [1.807, 2.05) is 0 Å². The third-order valence-corrected chi connectivity index (χ3v) is 1.26. The predicted molar refractivity (Wildman–Crippen MR) is 38.0 cm³/mol. The minimum Gasteiger partial charge on any atom is -0.505 e. The first kappa shape index (κ1) is 6.78. The molecule has 0 aromatic carbocycles. The zero-order valence-corrected chi connectivity index (χ0v) is 5.77. The van der Waals surface area contributed by atoms with Crippen LogP contribution in [-0.4, -0.2) is 10.1 Å². The smallest absolute Gasteiger partial charge is 0.149 e. The van der Waals surface area contributed by atoms with Gasteiger partial charge in [0.05, 0.1) is 5.56 Å². The first-order valence-electron chi connectivity index (χ1n) is 2.56. The van der Waals surface area contributed by atoms with Gasteiger partial charge in [-0.3, -0.25) is 0 Å². The van der Waals surface area contributed by atoms with Gasteiger partial charge in [-0.2, -0.15) is 5.26 Å². The van der Waals surface area contributed by atoms with Crippen LogP contribution < -0.4 is 0 Å². The number of rotatable bonds is 0. The molecule has 1 rings (SSSR count). The minimum absolute atomic E-state index is 0.0731. The standard InChI is InChI=1S/C6H4N2OS/c7-2-4-1-6(10)8-3-5(4)9/h1,3,9H,(H,8,10). The summed E-state index contributed by atoms with van der Waals surface area (Å²) in [5.74, 6) is -0.0731. The monoisotopic (exact) mass is 152 g/mol. The van der Waals surface area contributed by atoms with E-state index in [2.05, 4.69) is 4.98 Å². The summed E-state index contributed by atoms with van der Waals surface area (Å²) in [4.78, 5) is 2.59. The fraction of sp³-hybridized carbons (Fsp3) is 0. The Kier molecular flexibility index (Phi) is 1.69. The van der Waals surface area contributed by atoms with Gasteiger partial charge < -0.3 is 10.1 Å². The quantitative estimate of drug-likeness (QED) is 0.551. The van der Waals surface area contributed by atoms with Gasteiger partial charge in [0, 0.05) is 6.20 Å². The van der Waals surface area contributed by atoms with Gasteiger partial charge in [0.15, 0.2) is 0 Å². The lowest BCUT2D eigenvalue weighted by molar-refractivity contribution is 0.470. The molecule has 0 aliphatic rings. The molecule has 0 saturated heterocycles. The van der Waals surface area contributed by atoms with E-state index in [1.165, 1.54) is 12.3 Å². The molecule has 1 heterocycles. The van der Waals surface area contributed by atoms with Crippen molar-refractivity contribution in [3.05, 3.63) is 22.5 Å². The van der Waals surface area contributed by atoms with Crippen molar-refractivity contribution < 1.29 is 5.11 Å². The molecule has 3 nitrogen and oxygen atoms in total. The van der Waals surface area contributed by atoms with E-state index in [0.717, 1.165) is 0 Å². The maximum Gasteiger partial charge on any atom is 0.149 e. The van der Waals surface area contributed by atoms with Crippen LogP contribution in [-0.2, 0) is 0 Å². The van der Waals surface area contributed by atoms with Crippen molar-refractivity contribution in [1.82, 2.24) is 4.98 Å². The van der Waals surface area contributed by atoms with Crippen LogP contribution >= 0.6 is 12.2 Å². The molecule has 0 aliphatic carbocycles. The van der Waals surface area contributed by atoms with E-state index in [9.17, 15) is 0 Å². The normalized spacial score (nSPS) is 8.70. The Hall–Kier alpha value is -1.34. The Labute approximate surface area is 62.6 Å². The van der Waals surface area contributed by atoms with Gasteiger partial charge in [0.1, 0.15) is 16.5 Å². The van der Waals surface area contributed by atoms with Gasteiger partial charge in [-0.05, 0) is 6.07 Å². The summed E-state index contributed by atoms with van der Waals surface area (Å²) >= 11 is 4.71. The lowest BCUT2D eigenvalue weighted by atomic mass is 10.3. The molecule has 0 atom stereocenters. The molecule has 1 aromatic rings. The van der Waals surface area contributed by atoms with Crippen molar-refractivity contribution in [2.75, 3.05) is 0 Å². The first-order chi connectivity index (χ1) is 4.74. The second-order valence-electron chi connectivity index (χ2n) is 1.71. The molecular weight excluding hydrogens is 148 g/mol. The Bertz CT molecular complexity index is 336. The van der Waals surface area contributed by atoms with Crippen LogP contribution in [0.2, 0.25) is 0 Å². The highest BCUT2D eigenvalue weighted by Crippen LogP contribution is 2.12. The van der Waals surface area contributed by atoms with Crippen LogP contribution in [0.15, 0.2) is 12.3 Å². The lowest BCUT2D eigenvalue weighted by Gasteiger charge is -1.91. The maximum atomic E-state index is 8.93. The first-order valence-corrected chi connectivity index (χ1v) is 2.96. The highest BCUT2D eigenvalue weighted by molar-refractivity contribution is 7.71. The number of aromatic amines is 1. The number of aromatic nitrogens is 1. The summed E-state index contributed by atoms with van der Waals surface area (Å²) in [6.07, 6.45) is 1.29. The van der Waals surface area contributed by atoms with Crippen molar-refractivity contribution in [3.63, 3.8) is 0 Å². The molecule has 0 amide bonds. The molecule has 0 radical (unpaired) electrons. The van der Waals surface area contributed by atoms with Crippen LogP contribution in [0, 0.1) is 16.0 Å². The summed E-state index contributed by atoms with van der Waals surface area (Å²) in [6, 6.07) is 3.21. The van der Waals surface area contributed by atoms with Crippen LogP contribution in [0.1, 0.15) is 5.56 Å². The fourth-order valence-corrected chi connectivity index (χ4v) is 0.730. The third kappa shape index (κ3) is 1.14. The summed E-state index contributed by atoms with van der Waals surface area (Å²) < 4.78 is 0.439. The zero-order valence-electron chi connectivity index (χ0n) is 4.96. The van der Waals surface area contributed by atoms with E-state index in [-0.39, 0.29) is 11.3 Å². The maximum absolute atomic E-state index is 8.93. The number of nitrogens with zero attached hydrogens (tertiary/aromatic N) is 1. The Morgan fingerprint density at radius 1 is 1.70 bits per heavy atom. The van der Waals surface area contributed by atoms with Crippen molar-refractivity contribution in [1.29, 1.82) is 5.26 Å². The molecule has 1 aromatic heterocycles. The van der Waals surface area contributed by atoms with E-state index < -0.39 is 0 Å². The van der Waals surface area contributed by atoms with Gasteiger partial charge in [-0.25, -0.2) is 0 Å². The fourth-order valence-electron chi connectivity index (χ4n) is 0.553. The number of hydrogen-bond donors (Lipinski definition) is 2. The van der Waals surface area contributed by atoms with Gasteiger partial charge in [0.25, 0.3) is 0 Å². The Balaban J connectivity index is 3.40. The van der Waals surface area contributed by atoms with Gasteiger partial charge >= 0.3 is 0 Å². The van der Waals surface area contributed by atoms with Crippen LogP contribution in [0.4, 0.5) is 0 Å². The molecule has 0 aliphatic heterocycles. The average Bonchev–Trinajstić information content (AvgIpc) is 1.94. The van der Waals surface area contributed by atoms with Crippen molar-refractivity contribution >= 4 is 12.2 Å². The van der Waals surface area contributed by atoms with Crippen LogP contribution in [0.3, 0.4) is 0 Å². The van der Waals surface area contributed by atoms with E-state index in [0.29, 0.717) is 4.64 Å². The topological polar surface area (TPSA) is 59.8 Å². The van der Waals surface area contributed by atoms with Crippen molar-refractivity contribution in [2.45, 2.75) is 0 Å². The SMILES string of the molecule is N#Cc1cc(=S)[nH]cc1O. The van der Waals surface area contributed by atoms with E-state index in [4.69, 9.17) is 22.6 Å². The Morgan fingerprint density at radius 3 is 2.90 bits per heavy atom. The Morgan fingerprint density at radius 2 is 2.40 bits per heavy atom. The van der Waals surface area contributed by atoms with E-state index in [1.54, 1.807) is 6.07 Å². The molecule has 0 unspecified atom stereocenters. The van der Waals surface area contributed by atoms with Crippen molar-refractivity contribution in [3.8, 4) is 11.8 Å². The van der Waals surface area contributed by atoms with Gasteiger partial charge in [-0.15, -0.1) is 0 Å². The van der Waals surface area contributed by atoms with E-state index >= 15 is 0 Å². The summed E-state index contributed by atoms with van der Waals surface area (Å²) in [5.41, 5.74) is 0.198. The predicted octanol–water partition coefficient (Wildman–Crippen LogP) is 1.32. The lowest BCUT2D eigenvalue weighted by Crippen LogP contribution is -1.78. The number of nitrogens with one attached hydrogen (secondary N) is 1. The molecule has 0 spiro atoms. The average molecular weight is 152 g/mol. The third-order valence-electron chi connectivity index (χ3n) is 1.02. The number of nitriles is 1. The van der Waals surface area contributed by atoms with Crippen LogP contribution in [0.25, 0.3) is 0 Å². The molecule has 10 heavy (non-hydrogen) atoms. The number of H-pyrrole nitrogens is 1. The van der Waals surface area contributed by atoms with Crippen LogP contribution in [0.5, 0.6) is 5.75 Å². The van der Waals surface area contributed by atoms with Gasteiger partial charge in [-0.1, -0.05) is 12.2 Å². The highest BCUT2D eigenvalue weighted by Gasteiger charge is 1.95. The highest BCUT2D eigenvalue weighted by atomic mass is 32.1. The summed E-state index contributed by atoms with van der Waals surface area (Å²) in [7, 11) is 0. The molecule has 50 valence electrons. The van der Waals surface area contributed by atoms with Gasteiger partial charge in [0.2, 0.25) is 0 Å². The summed E-state index contributed by atoms with van der Waals surface area (Å²) in [6.45, 7) is 0. The summed E-state index contributed by atoms with van der Waals surface area (Å²) in [5, 5.41) is 17.3. The molecule has 4 heteroatoms. The molecule has 0 saturated carbocycles. The second kappa shape index (κ2) is 2.50. The largest absolute Gasteiger partial charge is 0.505 e. The second-order valence-corrected chi connectivity index (χ2v) is 2.15. The molecule has 0 fully saturated rings.